The molecular formula is C14H21NOS. The van der Waals surface area contributed by atoms with E-state index in [2.05, 4.69) is 48.3 Å². The van der Waals surface area contributed by atoms with Gasteiger partial charge in [-0.1, -0.05) is 19.1 Å². The predicted octanol–water partition coefficient (Wildman–Crippen LogP) is 3.24. The van der Waals surface area contributed by atoms with Crippen LogP contribution >= 0.6 is 11.8 Å². The smallest absolute Gasteiger partial charge is 0.119 e. The van der Waals surface area contributed by atoms with Crippen LogP contribution in [0.15, 0.2) is 24.3 Å². The van der Waals surface area contributed by atoms with Gasteiger partial charge < -0.3 is 10.1 Å². The maximum atomic E-state index is 5.46. The van der Waals surface area contributed by atoms with Gasteiger partial charge in [0.15, 0.2) is 0 Å². The topological polar surface area (TPSA) is 21.3 Å². The lowest BCUT2D eigenvalue weighted by molar-refractivity contribution is 0.340. The van der Waals surface area contributed by atoms with E-state index >= 15 is 0 Å². The molecule has 0 aromatic heterocycles. The Bertz CT molecular complexity index is 339. The first-order valence-electron chi connectivity index (χ1n) is 6.40. The number of nitrogens with one attached hydrogen (secondary N) is 1. The van der Waals surface area contributed by atoms with Gasteiger partial charge >= 0.3 is 0 Å². The average Bonchev–Trinajstić information content (AvgIpc) is 2.40. The monoisotopic (exact) mass is 251 g/mol. The van der Waals surface area contributed by atoms with Crippen molar-refractivity contribution in [3.8, 4) is 5.75 Å². The average molecular weight is 251 g/mol. The summed E-state index contributed by atoms with van der Waals surface area (Å²) in [6.45, 7) is 4.99. The number of rotatable bonds is 4. The van der Waals surface area contributed by atoms with Crippen molar-refractivity contribution < 1.29 is 4.74 Å². The van der Waals surface area contributed by atoms with E-state index in [1.807, 2.05) is 6.92 Å². The predicted molar refractivity (Wildman–Crippen MR) is 74.9 cm³/mol. The number of thioether (sulfide) groups is 1. The van der Waals surface area contributed by atoms with Gasteiger partial charge in [-0.3, -0.25) is 0 Å². The molecule has 1 aromatic carbocycles. The normalized spacial score (nSPS) is 24.6. The van der Waals surface area contributed by atoms with E-state index in [1.54, 1.807) is 0 Å². The molecule has 1 fully saturated rings. The quantitative estimate of drug-likeness (QED) is 0.887. The summed E-state index contributed by atoms with van der Waals surface area (Å²) in [5, 5.41) is 3.71. The van der Waals surface area contributed by atoms with Crippen LogP contribution in [0, 0.1) is 0 Å². The number of hydrogen-bond donors (Lipinski definition) is 1. The van der Waals surface area contributed by atoms with Crippen molar-refractivity contribution >= 4 is 11.8 Å². The van der Waals surface area contributed by atoms with E-state index in [1.165, 1.54) is 23.5 Å². The molecule has 1 aromatic rings. The molecule has 2 unspecified atom stereocenters. The molecule has 3 heteroatoms. The Kier molecular flexibility index (Phi) is 4.75. The highest BCUT2D eigenvalue weighted by molar-refractivity contribution is 7.99. The lowest BCUT2D eigenvalue weighted by Crippen LogP contribution is -2.39. The van der Waals surface area contributed by atoms with Crippen molar-refractivity contribution in [2.75, 3.05) is 18.1 Å². The van der Waals surface area contributed by atoms with Crippen LogP contribution in [0.1, 0.15) is 31.9 Å². The van der Waals surface area contributed by atoms with Gasteiger partial charge in [-0.05, 0) is 31.0 Å². The van der Waals surface area contributed by atoms with Crippen LogP contribution in [0.3, 0.4) is 0 Å². The Morgan fingerprint density at radius 2 is 2.00 bits per heavy atom. The van der Waals surface area contributed by atoms with Crippen LogP contribution in [0.25, 0.3) is 0 Å². The van der Waals surface area contributed by atoms with Gasteiger partial charge in [0.2, 0.25) is 0 Å². The fourth-order valence-electron chi connectivity index (χ4n) is 2.10. The first kappa shape index (κ1) is 12.8. The van der Waals surface area contributed by atoms with Gasteiger partial charge in [0.1, 0.15) is 5.75 Å². The summed E-state index contributed by atoms with van der Waals surface area (Å²) in [6, 6.07) is 9.66. The minimum Gasteiger partial charge on any atom is -0.494 e. The molecule has 1 saturated heterocycles. The van der Waals surface area contributed by atoms with Crippen molar-refractivity contribution in [1.29, 1.82) is 0 Å². The van der Waals surface area contributed by atoms with Crippen LogP contribution < -0.4 is 10.1 Å². The van der Waals surface area contributed by atoms with E-state index in [-0.39, 0.29) is 0 Å². The minimum absolute atomic E-state index is 0.495. The van der Waals surface area contributed by atoms with Crippen LogP contribution in [0.4, 0.5) is 0 Å². The Morgan fingerprint density at radius 1 is 1.24 bits per heavy atom. The summed E-state index contributed by atoms with van der Waals surface area (Å²) in [5.41, 5.74) is 1.37. The second-order valence-electron chi connectivity index (χ2n) is 4.36. The van der Waals surface area contributed by atoms with Gasteiger partial charge in [0.05, 0.1) is 6.61 Å². The molecule has 2 atom stereocenters. The zero-order chi connectivity index (χ0) is 12.1. The number of benzene rings is 1. The van der Waals surface area contributed by atoms with Crippen molar-refractivity contribution in [1.82, 2.24) is 5.32 Å². The Morgan fingerprint density at radius 3 is 2.65 bits per heavy atom. The van der Waals surface area contributed by atoms with E-state index < -0.39 is 0 Å². The maximum absolute atomic E-state index is 5.46. The van der Waals surface area contributed by atoms with Crippen molar-refractivity contribution in [3.63, 3.8) is 0 Å². The lowest BCUT2D eigenvalue weighted by atomic mass is 10.1. The Balaban J connectivity index is 2.01. The van der Waals surface area contributed by atoms with Gasteiger partial charge in [0, 0.05) is 23.6 Å². The molecule has 2 nitrogen and oxygen atoms in total. The van der Waals surface area contributed by atoms with Crippen molar-refractivity contribution in [3.05, 3.63) is 29.8 Å². The molecule has 0 aliphatic carbocycles. The minimum atomic E-state index is 0.495. The van der Waals surface area contributed by atoms with Crippen LogP contribution in [0.2, 0.25) is 0 Å². The second-order valence-corrected chi connectivity index (χ2v) is 5.44. The Labute approximate surface area is 108 Å². The molecule has 0 amide bonds. The highest BCUT2D eigenvalue weighted by atomic mass is 32.2. The van der Waals surface area contributed by atoms with Crippen molar-refractivity contribution in [2.24, 2.45) is 0 Å². The molecule has 17 heavy (non-hydrogen) atoms. The molecule has 2 rings (SSSR count). The summed E-state index contributed by atoms with van der Waals surface area (Å²) in [5.74, 6) is 3.38. The largest absolute Gasteiger partial charge is 0.494 e. The number of hydrogen-bond acceptors (Lipinski definition) is 3. The van der Waals surface area contributed by atoms with E-state index in [4.69, 9.17) is 4.74 Å². The molecular weight excluding hydrogens is 230 g/mol. The fourth-order valence-corrected chi connectivity index (χ4v) is 3.38. The highest BCUT2D eigenvalue weighted by Gasteiger charge is 2.21. The molecule has 0 saturated carbocycles. The molecule has 94 valence electrons. The summed E-state index contributed by atoms with van der Waals surface area (Å²) in [7, 11) is 0. The third-order valence-electron chi connectivity index (χ3n) is 3.13. The summed E-state index contributed by atoms with van der Waals surface area (Å²) >= 11 is 2.05. The van der Waals surface area contributed by atoms with Crippen molar-refractivity contribution in [2.45, 2.75) is 32.4 Å². The summed E-state index contributed by atoms with van der Waals surface area (Å²) in [6.07, 6.45) is 1.21. The van der Waals surface area contributed by atoms with Gasteiger partial charge in [-0.25, -0.2) is 0 Å². The SMILES string of the molecule is CCOc1ccc(C2CSCC(CC)N2)cc1. The molecule has 1 aliphatic rings. The summed E-state index contributed by atoms with van der Waals surface area (Å²) < 4.78 is 5.46. The summed E-state index contributed by atoms with van der Waals surface area (Å²) in [4.78, 5) is 0. The maximum Gasteiger partial charge on any atom is 0.119 e. The molecule has 1 aliphatic heterocycles. The first-order chi connectivity index (χ1) is 8.33. The highest BCUT2D eigenvalue weighted by Crippen LogP contribution is 2.26. The molecule has 0 spiro atoms. The van der Waals surface area contributed by atoms with Crippen LogP contribution in [0.5, 0.6) is 5.75 Å². The number of ether oxygens (including phenoxy) is 1. The third-order valence-corrected chi connectivity index (χ3v) is 4.33. The molecule has 0 bridgehead atoms. The molecule has 0 radical (unpaired) electrons. The van der Waals surface area contributed by atoms with Gasteiger partial charge in [-0.15, -0.1) is 0 Å². The van der Waals surface area contributed by atoms with Crippen LogP contribution in [-0.2, 0) is 0 Å². The van der Waals surface area contributed by atoms with E-state index in [0.717, 1.165) is 12.4 Å². The van der Waals surface area contributed by atoms with E-state index in [0.29, 0.717) is 12.1 Å². The van der Waals surface area contributed by atoms with Gasteiger partial charge in [0.25, 0.3) is 0 Å². The Hall–Kier alpha value is -0.670. The van der Waals surface area contributed by atoms with E-state index in [9.17, 15) is 0 Å². The zero-order valence-corrected chi connectivity index (χ0v) is 11.4. The van der Waals surface area contributed by atoms with Crippen LogP contribution in [-0.4, -0.2) is 24.2 Å². The molecule has 1 heterocycles. The third kappa shape index (κ3) is 3.39. The standard InChI is InChI=1S/C14H21NOS/c1-3-12-9-17-10-14(15-12)11-5-7-13(8-6-11)16-4-2/h5-8,12,14-15H,3-4,9-10H2,1-2H3. The second kappa shape index (κ2) is 6.31. The van der Waals surface area contributed by atoms with Gasteiger partial charge in [-0.2, -0.15) is 11.8 Å². The lowest BCUT2D eigenvalue weighted by Gasteiger charge is -2.30. The zero-order valence-electron chi connectivity index (χ0n) is 10.6. The molecule has 1 N–H and O–H groups in total. The first-order valence-corrected chi connectivity index (χ1v) is 7.55. The fraction of sp³-hybridized carbons (Fsp3) is 0.571.